The fourth-order valence-electron chi connectivity index (χ4n) is 3.77. The predicted molar refractivity (Wildman–Crippen MR) is 116 cm³/mol. The van der Waals surface area contributed by atoms with Gasteiger partial charge in [-0.1, -0.05) is 48.5 Å². The molecule has 2 aromatic carbocycles. The first-order valence-corrected chi connectivity index (χ1v) is 9.69. The zero-order chi connectivity index (χ0) is 20.8. The lowest BCUT2D eigenvalue weighted by Gasteiger charge is -2.14. The van der Waals surface area contributed by atoms with Crippen LogP contribution in [0.3, 0.4) is 0 Å². The van der Waals surface area contributed by atoms with Crippen molar-refractivity contribution in [2.45, 2.75) is 19.9 Å². The largest absolute Gasteiger partial charge is 0.289 e. The Morgan fingerprint density at radius 2 is 1.73 bits per heavy atom. The Hall–Kier alpha value is -4.00. The summed E-state index contributed by atoms with van der Waals surface area (Å²) >= 11 is 0. The van der Waals surface area contributed by atoms with Gasteiger partial charge in [0.2, 0.25) is 0 Å². The van der Waals surface area contributed by atoms with Crippen LogP contribution in [0.5, 0.6) is 0 Å². The average Bonchev–Trinajstić information content (AvgIpc) is 3.11. The summed E-state index contributed by atoms with van der Waals surface area (Å²) in [5, 5.41) is 8.83. The van der Waals surface area contributed by atoms with E-state index in [1.54, 1.807) is 12.3 Å². The van der Waals surface area contributed by atoms with Crippen molar-refractivity contribution < 1.29 is 0 Å². The number of fused-ring (bicyclic) bond motifs is 2. The molecule has 0 radical (unpaired) electrons. The molecule has 1 N–H and O–H groups in total. The fourth-order valence-corrected chi connectivity index (χ4v) is 3.77. The van der Waals surface area contributed by atoms with E-state index in [1.807, 2.05) is 62.4 Å². The van der Waals surface area contributed by atoms with Crippen LogP contribution in [0.1, 0.15) is 24.2 Å². The highest BCUT2D eigenvalue weighted by Crippen LogP contribution is 2.24. The SMILES string of the molecule is Cc1c(-c2ccccc2)[nH]n2c(=O)cc([C@@H](C)n3ncc4ccccc4c3=O)nc12. The lowest BCUT2D eigenvalue weighted by Crippen LogP contribution is -2.28. The summed E-state index contributed by atoms with van der Waals surface area (Å²) in [4.78, 5) is 30.5. The van der Waals surface area contributed by atoms with Crippen molar-refractivity contribution in [2.75, 3.05) is 0 Å². The van der Waals surface area contributed by atoms with Gasteiger partial charge in [0.25, 0.3) is 11.1 Å². The van der Waals surface area contributed by atoms with Gasteiger partial charge in [0, 0.05) is 17.0 Å². The standard InChI is InChI=1S/C23H19N5O2/c1-14-21(16-8-4-3-5-9-16)26-28-20(29)12-19(25-22(14)28)15(2)27-23(30)18-11-7-6-10-17(18)13-24-27/h3-13,15,26H,1-2H3/t15-/m1/s1. The van der Waals surface area contributed by atoms with E-state index >= 15 is 0 Å². The number of rotatable bonds is 3. The van der Waals surface area contributed by atoms with Crippen LogP contribution < -0.4 is 11.1 Å². The highest BCUT2D eigenvalue weighted by molar-refractivity contribution is 5.80. The van der Waals surface area contributed by atoms with E-state index in [0.717, 1.165) is 22.2 Å². The van der Waals surface area contributed by atoms with Crippen LogP contribution in [0.15, 0.2) is 76.4 Å². The molecule has 0 saturated carbocycles. The van der Waals surface area contributed by atoms with Crippen molar-refractivity contribution >= 4 is 16.4 Å². The first-order chi connectivity index (χ1) is 14.5. The molecule has 0 aliphatic carbocycles. The van der Waals surface area contributed by atoms with Crippen molar-refractivity contribution in [3.05, 3.63) is 98.8 Å². The Bertz CT molecular complexity index is 1510. The monoisotopic (exact) mass is 397 g/mol. The molecule has 0 amide bonds. The van der Waals surface area contributed by atoms with Gasteiger partial charge < -0.3 is 0 Å². The second-order valence-corrected chi connectivity index (χ2v) is 7.31. The molecule has 0 bridgehead atoms. The number of hydrogen-bond acceptors (Lipinski definition) is 4. The number of benzene rings is 2. The van der Waals surface area contributed by atoms with Gasteiger partial charge in [0.15, 0.2) is 5.65 Å². The lowest BCUT2D eigenvalue weighted by atomic mass is 10.1. The van der Waals surface area contributed by atoms with Crippen LogP contribution in [0, 0.1) is 6.92 Å². The topological polar surface area (TPSA) is 85.0 Å². The third-order valence-electron chi connectivity index (χ3n) is 5.45. The quantitative estimate of drug-likeness (QED) is 0.506. The van der Waals surface area contributed by atoms with Crippen molar-refractivity contribution in [2.24, 2.45) is 0 Å². The van der Waals surface area contributed by atoms with Crippen molar-refractivity contribution in [1.29, 1.82) is 0 Å². The Balaban J connectivity index is 1.67. The molecular weight excluding hydrogens is 378 g/mol. The molecule has 148 valence electrons. The molecule has 3 aromatic heterocycles. The van der Waals surface area contributed by atoms with Crippen LogP contribution >= 0.6 is 0 Å². The molecule has 7 heteroatoms. The van der Waals surface area contributed by atoms with Crippen LogP contribution in [-0.4, -0.2) is 24.4 Å². The highest BCUT2D eigenvalue weighted by atomic mass is 16.1. The summed E-state index contributed by atoms with van der Waals surface area (Å²) < 4.78 is 2.81. The summed E-state index contributed by atoms with van der Waals surface area (Å²) in [5.41, 5.74) is 3.27. The first-order valence-electron chi connectivity index (χ1n) is 9.69. The number of hydrogen-bond donors (Lipinski definition) is 1. The molecule has 3 heterocycles. The predicted octanol–water partition coefficient (Wildman–Crippen LogP) is 3.32. The zero-order valence-corrected chi connectivity index (χ0v) is 16.5. The van der Waals surface area contributed by atoms with Gasteiger partial charge in [-0.05, 0) is 25.5 Å². The van der Waals surface area contributed by atoms with E-state index in [9.17, 15) is 9.59 Å². The minimum absolute atomic E-state index is 0.210. The molecule has 0 spiro atoms. The van der Waals surface area contributed by atoms with Crippen LogP contribution in [0.2, 0.25) is 0 Å². The minimum atomic E-state index is -0.491. The zero-order valence-electron chi connectivity index (χ0n) is 16.5. The highest BCUT2D eigenvalue weighted by Gasteiger charge is 2.19. The van der Waals surface area contributed by atoms with Gasteiger partial charge in [-0.3, -0.25) is 14.7 Å². The summed E-state index contributed by atoms with van der Waals surface area (Å²) in [6.45, 7) is 3.75. The summed E-state index contributed by atoms with van der Waals surface area (Å²) in [7, 11) is 0. The Morgan fingerprint density at radius 1 is 1.00 bits per heavy atom. The number of nitrogens with zero attached hydrogens (tertiary/aromatic N) is 4. The molecule has 1 atom stereocenters. The van der Waals surface area contributed by atoms with Crippen molar-refractivity contribution in [3.8, 4) is 11.3 Å². The smallest absolute Gasteiger partial charge is 0.275 e. The molecule has 5 rings (SSSR count). The molecular formula is C23H19N5O2. The maximum absolute atomic E-state index is 12.9. The Morgan fingerprint density at radius 3 is 2.53 bits per heavy atom. The number of aromatic nitrogens is 5. The van der Waals surface area contributed by atoms with Crippen LogP contribution in [0.25, 0.3) is 27.7 Å². The lowest BCUT2D eigenvalue weighted by molar-refractivity contribution is 0.524. The van der Waals surface area contributed by atoms with E-state index in [4.69, 9.17) is 4.98 Å². The molecule has 0 saturated heterocycles. The number of aryl methyl sites for hydroxylation is 1. The average molecular weight is 397 g/mol. The van der Waals surface area contributed by atoms with Gasteiger partial charge >= 0.3 is 0 Å². The second kappa shape index (κ2) is 6.81. The molecule has 0 unspecified atom stereocenters. The van der Waals surface area contributed by atoms with Crippen LogP contribution in [-0.2, 0) is 0 Å². The van der Waals surface area contributed by atoms with E-state index < -0.39 is 6.04 Å². The van der Waals surface area contributed by atoms with Gasteiger partial charge in [-0.2, -0.15) is 5.10 Å². The maximum atomic E-state index is 12.9. The number of aromatic amines is 1. The van der Waals surface area contributed by atoms with E-state index in [-0.39, 0.29) is 11.1 Å². The molecule has 0 aliphatic heterocycles. The molecule has 0 aliphatic rings. The van der Waals surface area contributed by atoms with E-state index in [0.29, 0.717) is 16.7 Å². The first kappa shape index (κ1) is 18.1. The second-order valence-electron chi connectivity index (χ2n) is 7.31. The number of H-pyrrole nitrogens is 1. The van der Waals surface area contributed by atoms with E-state index in [1.165, 1.54) is 15.3 Å². The minimum Gasteiger partial charge on any atom is -0.289 e. The normalized spacial score (nSPS) is 12.5. The molecule has 30 heavy (non-hydrogen) atoms. The van der Waals surface area contributed by atoms with Gasteiger partial charge in [-0.15, -0.1) is 0 Å². The third kappa shape index (κ3) is 2.75. The summed E-state index contributed by atoms with van der Waals surface area (Å²) in [5.74, 6) is 0. The van der Waals surface area contributed by atoms with Gasteiger partial charge in [0.05, 0.1) is 29.0 Å². The maximum Gasteiger partial charge on any atom is 0.275 e. The third-order valence-corrected chi connectivity index (χ3v) is 5.45. The van der Waals surface area contributed by atoms with Gasteiger partial charge in [0.1, 0.15) is 0 Å². The molecule has 5 aromatic rings. The Kier molecular flexibility index (Phi) is 4.10. The van der Waals surface area contributed by atoms with Crippen LogP contribution in [0.4, 0.5) is 0 Å². The molecule has 0 fully saturated rings. The van der Waals surface area contributed by atoms with E-state index in [2.05, 4.69) is 10.2 Å². The van der Waals surface area contributed by atoms with Crippen molar-refractivity contribution in [3.63, 3.8) is 0 Å². The van der Waals surface area contributed by atoms with Gasteiger partial charge in [-0.25, -0.2) is 14.2 Å². The molecule has 7 nitrogen and oxygen atoms in total. The fraction of sp³-hybridized carbons (Fsp3) is 0.130. The Labute approximate surface area is 171 Å². The summed E-state index contributed by atoms with van der Waals surface area (Å²) in [6.07, 6.45) is 1.66. The number of nitrogens with one attached hydrogen (secondary N) is 1. The summed E-state index contributed by atoms with van der Waals surface area (Å²) in [6, 6.07) is 18.1. The van der Waals surface area contributed by atoms with Crippen molar-refractivity contribution in [1.82, 2.24) is 24.4 Å².